The normalized spacial score (nSPS) is 28.5. The number of carbonyl (C=O) groups is 6. The van der Waals surface area contributed by atoms with Crippen molar-refractivity contribution in [3.05, 3.63) is 140 Å². The molecule has 0 radical (unpaired) electrons. The van der Waals surface area contributed by atoms with Crippen molar-refractivity contribution in [1.82, 2.24) is 29.8 Å². The van der Waals surface area contributed by atoms with Crippen molar-refractivity contribution in [2.45, 2.75) is 250 Å². The van der Waals surface area contributed by atoms with Crippen LogP contribution in [0.5, 0.6) is 0 Å². The van der Waals surface area contributed by atoms with E-state index in [9.17, 15) is 74.7 Å². The highest BCUT2D eigenvalue weighted by atomic mass is 127. The molecule has 4 aromatic carbocycles. The SMILES string of the molecule is C1CCNC1.CC(C)(C)OC(=O)N(COCC[Si](C)(C)C)C1=N[C@](C)(c2cccc(F)c2F)[C@@H]2C[C@]2(C(=O)N2CCCC2)S1.CC(C)(C)OC(=O)N(COCC[Si](C)(C)C)C1=N[C@](C)(c2cccc(F)c2F)[C@@H]2C[C@]2(C(=O)O)S1.C[C@]1(c2cc(N)cc(F)c2F)N=C(N)S[C@@]2(C(=O)N3CCCC3)C[C@H]21.C[C@]1(c2cc([N+](=O)[O-])cc(F)c2F)N=C(N)S[C@@]2(C(=O)N3CCCC3)C[C@H]21.[2H]CI. The van der Waals surface area contributed by atoms with E-state index in [1.807, 2.05) is 32.4 Å². The molecule has 0 aromatic heterocycles. The summed E-state index contributed by atoms with van der Waals surface area (Å²) >= 11 is 6.54. The number of nitrogen functional groups attached to an aromatic ring is 1. The van der Waals surface area contributed by atoms with Gasteiger partial charge in [0.2, 0.25) is 17.7 Å². The van der Waals surface area contributed by atoms with Crippen molar-refractivity contribution >= 4 is 154 Å². The maximum atomic E-state index is 15.2. The third-order valence-electron chi connectivity index (χ3n) is 25.9. The smallest absolute Gasteiger partial charge is 0.418 e. The monoisotopic (exact) mass is 2090 g/mol. The average Bonchev–Trinajstić information content (AvgIpc) is 1.53. The van der Waals surface area contributed by atoms with Crippen molar-refractivity contribution in [1.29, 1.82) is 0 Å². The van der Waals surface area contributed by atoms with E-state index in [1.165, 1.54) is 84.7 Å². The fraction of sp³-hybridized carbons (Fsp3) is 0.626. The van der Waals surface area contributed by atoms with Crippen molar-refractivity contribution in [3.63, 3.8) is 0 Å². The molecule has 0 bridgehead atoms. The van der Waals surface area contributed by atoms with Gasteiger partial charge in [0.1, 0.15) is 43.7 Å². The molecule has 8 fully saturated rings. The Morgan fingerprint density at radius 2 is 0.842 bits per heavy atom. The maximum Gasteiger partial charge on any atom is 0.418 e. The van der Waals surface area contributed by atoms with Gasteiger partial charge in [0, 0.05) is 128 Å². The zero-order valence-electron chi connectivity index (χ0n) is 79.3. The second-order valence-corrected chi connectivity index (χ2v) is 57.2. The number of nitrogens with one attached hydrogen (secondary N) is 1. The number of hydrogen-bond acceptors (Lipinski definition) is 24. The number of ether oxygens (including phenoxy) is 4. The number of aliphatic imine (C=N–C) groups is 4. The molecule has 0 unspecified atom stereocenters. The largest absolute Gasteiger partial charge is 0.480 e. The van der Waals surface area contributed by atoms with E-state index in [0.29, 0.717) is 69.6 Å². The molecule has 8 heterocycles. The average molecular weight is 2090 g/mol. The van der Waals surface area contributed by atoms with Gasteiger partial charge in [0.25, 0.3) is 5.69 Å². The van der Waals surface area contributed by atoms with Crippen molar-refractivity contribution < 1.29 is 94.2 Å². The number of fused-ring (bicyclic) bond motifs is 4. The first-order valence-corrected chi connectivity index (χ1v) is 56.9. The number of amidine groups is 4. The number of carbonyl (C=O) groups excluding carboxylic acids is 5. The van der Waals surface area contributed by atoms with Crippen LogP contribution in [0.15, 0.2) is 80.6 Å². The zero-order valence-corrected chi connectivity index (χ0v) is 85.7. The van der Waals surface area contributed by atoms with Gasteiger partial charge in [-0.3, -0.25) is 49.3 Å². The summed E-state index contributed by atoms with van der Waals surface area (Å²) in [6.07, 6.45) is 8.69. The fourth-order valence-electron chi connectivity index (χ4n) is 18.4. The van der Waals surface area contributed by atoms with Gasteiger partial charge < -0.3 is 61.3 Å². The fourth-order valence-corrected chi connectivity index (χ4v) is 26.0. The van der Waals surface area contributed by atoms with Crippen LogP contribution in [0.4, 0.5) is 56.1 Å². The molecule has 27 nitrogen and oxygen atoms in total. The Balaban J connectivity index is 0.000000169. The number of thioether (sulfide) groups is 4. The van der Waals surface area contributed by atoms with Crippen LogP contribution in [-0.2, 0) is 60.3 Å². The Labute approximate surface area is 806 Å². The van der Waals surface area contributed by atoms with Crippen molar-refractivity contribution in [3.8, 4) is 0 Å². The molecule has 133 heavy (non-hydrogen) atoms. The predicted octanol–water partition coefficient (Wildman–Crippen LogP) is 18.0. The molecule has 4 saturated heterocycles. The summed E-state index contributed by atoms with van der Waals surface area (Å²) in [5, 5.41) is 25.0. The lowest BCUT2D eigenvalue weighted by Crippen LogP contribution is -2.49. The lowest BCUT2D eigenvalue weighted by molar-refractivity contribution is -0.385. The number of benzene rings is 4. The number of alkyl halides is 1. The summed E-state index contributed by atoms with van der Waals surface area (Å²) in [6.45, 7) is 37.6. The Bertz CT molecular complexity index is 5230. The summed E-state index contributed by atoms with van der Waals surface area (Å²) in [7, 11) is -2.78. The topological polar surface area (TPSA) is 358 Å². The van der Waals surface area contributed by atoms with Crippen LogP contribution in [0.3, 0.4) is 0 Å². The minimum atomic E-state index is -1.40. The molecule has 5 amide bonds. The van der Waals surface area contributed by atoms with Crippen LogP contribution in [0, 0.1) is 80.3 Å². The van der Waals surface area contributed by atoms with Crippen LogP contribution in [0.2, 0.25) is 51.4 Å². The number of hydrogen-bond donors (Lipinski definition) is 5. The zero-order chi connectivity index (χ0) is 99.0. The van der Waals surface area contributed by atoms with Gasteiger partial charge in [-0.25, -0.2) is 54.5 Å². The van der Waals surface area contributed by atoms with E-state index < -0.39 is 156 Å². The van der Waals surface area contributed by atoms with Gasteiger partial charge >= 0.3 is 18.2 Å². The molecule has 0 spiro atoms. The summed E-state index contributed by atoms with van der Waals surface area (Å²) in [6, 6.07) is 13.5. The Morgan fingerprint density at radius 1 is 0.519 bits per heavy atom. The van der Waals surface area contributed by atoms with E-state index in [2.05, 4.69) is 59.6 Å². The number of nitro groups is 1. The highest BCUT2D eigenvalue weighted by Gasteiger charge is 2.76. The number of amides is 5. The van der Waals surface area contributed by atoms with E-state index >= 15 is 4.39 Å². The number of likely N-dealkylation sites (tertiary alicyclic amines) is 3. The second kappa shape index (κ2) is 41.0. The minimum Gasteiger partial charge on any atom is -0.480 e. The van der Waals surface area contributed by atoms with Crippen LogP contribution in [-0.4, -0.2) is 221 Å². The minimum absolute atomic E-state index is 0.0331. The molecule has 12 atom stereocenters. The molecule has 42 heteroatoms. The molecule has 4 aliphatic carbocycles. The highest BCUT2D eigenvalue weighted by Crippen LogP contribution is 2.71. The van der Waals surface area contributed by atoms with Crippen molar-refractivity contribution in [2.75, 3.05) is 89.7 Å². The Morgan fingerprint density at radius 3 is 1.18 bits per heavy atom. The van der Waals surface area contributed by atoms with Crippen LogP contribution in [0.1, 0.15) is 170 Å². The quantitative estimate of drug-likeness (QED) is 0.00670. The van der Waals surface area contributed by atoms with E-state index in [-0.39, 0.29) is 98.1 Å². The lowest BCUT2D eigenvalue weighted by atomic mass is 9.85. The number of nitrogens with two attached hydrogens (primary N) is 3. The number of nitro benzene ring substituents is 1. The molecular weight excluding hydrogens is 1960 g/mol. The van der Waals surface area contributed by atoms with Gasteiger partial charge in [-0.05, 0) is 201 Å². The van der Waals surface area contributed by atoms with Crippen LogP contribution >= 0.6 is 69.6 Å². The summed E-state index contributed by atoms with van der Waals surface area (Å²) in [5.41, 5.74) is 10.4. The first-order valence-electron chi connectivity index (χ1n) is 45.4. The van der Waals surface area contributed by atoms with Gasteiger partial charge in [-0.2, -0.15) is 0 Å². The van der Waals surface area contributed by atoms with Gasteiger partial charge in [-0.15, -0.1) is 0 Å². The number of non-ortho nitro benzene ring substituents is 1. The Kier molecular flexibility index (Phi) is 32.2. The molecule has 16 rings (SSSR count). The van der Waals surface area contributed by atoms with Crippen LogP contribution in [0.25, 0.3) is 0 Å². The molecule has 732 valence electrons. The third kappa shape index (κ3) is 23.1. The Hall–Kier alpha value is -7.34. The lowest BCUT2D eigenvalue weighted by Gasteiger charge is -2.38. The van der Waals surface area contributed by atoms with E-state index in [1.54, 1.807) is 74.1 Å². The van der Waals surface area contributed by atoms with Gasteiger partial charge in [-0.1, -0.05) is 133 Å². The number of anilines is 1. The second-order valence-electron chi connectivity index (χ2n) is 40.7. The summed E-state index contributed by atoms with van der Waals surface area (Å²) in [5.74, 6) is -11.3. The van der Waals surface area contributed by atoms with Gasteiger partial charge in [0.15, 0.2) is 67.2 Å². The molecule has 4 saturated carbocycles. The van der Waals surface area contributed by atoms with E-state index in [0.717, 1.165) is 116 Å². The molecule has 8 aliphatic heterocycles. The highest BCUT2D eigenvalue weighted by molar-refractivity contribution is 14.1. The molecular formula is C91H125F8IN14O13S4Si2. The van der Waals surface area contributed by atoms with E-state index in [4.69, 9.17) is 42.5 Å². The summed E-state index contributed by atoms with van der Waals surface area (Å²) < 4.78 is 141. The standard InChI is InChI=1S/C28H41F2N3O4SSi.C24H34F2N2O5SSi.C17H18F2N4O3S.C17H20F2N4OS.C4H9N.CH3I/c1-26(2,3)37-25(35)33(18-36-15-16-39(5,6)7)24-31-27(4,19-11-10-12-20(29)22(19)30)21-17-28(21,38-24)23(34)32-13-8-9-14-32;1-22(2,3)33-21(31)28(14-32-11-12-35(5,6)7)20-27-23(4,15-9-8-10-16(25)18(15)26)17-13-24(17,34-20)19(29)30;1-16(10-6-9(23(25)26)7-11(18)13(10)19)12-8-17(12,27-15(20)21-16)14(24)22-4-2-3-5-22;1-16(10-6-9(20)7-11(18)13(10)19)12-8-17(12,25-15(21)22-16)14(24)23-4-2-3-5-23;1-2-4-5-3-1;1-2/h10-12,21H,8-9,13-18H2,1-7H3;8-10,17H,11-14H2,1-7H3,(H,29,30);6-7,12H,2-5,8H2,1H3,(H2,20,21);6-7,12H,2-5,8,20H2,1H3,(H2,21,22);5H,1-4H2;1H3/t21-,27+,28-;17-,23+,24-;2*12-,16+,17-;;/m0000../s1/i;;;;;1D. The summed E-state index contributed by atoms with van der Waals surface area (Å²) in [4.78, 5) is 116. The number of carboxylic acid groups (broad SMARTS) is 1. The molecule has 4 aromatic rings. The number of aliphatic carboxylic acids is 1. The van der Waals surface area contributed by atoms with Crippen molar-refractivity contribution in [2.24, 2.45) is 55.1 Å². The number of rotatable bonds is 19. The first-order chi connectivity index (χ1) is 62.5. The number of carboxylic acids is 1. The van der Waals surface area contributed by atoms with Gasteiger partial charge in [0.05, 0.1) is 33.1 Å². The molecule has 8 N–H and O–H groups in total. The molecule has 12 aliphatic rings. The number of nitrogens with zero attached hydrogens (tertiary/aromatic N) is 10. The predicted molar refractivity (Wildman–Crippen MR) is 519 cm³/mol. The maximum absolute atomic E-state index is 15.2. The number of halogens is 9. The third-order valence-corrected chi connectivity index (χ3v) is 34.8. The van der Waals surface area contributed by atoms with Crippen LogP contribution < -0.4 is 22.5 Å². The first kappa shape index (κ1) is 105.